The largest absolute Gasteiger partial charge is 0.444 e. The number of ether oxygens (including phenoxy) is 1. The molecule has 30 heavy (non-hydrogen) atoms. The number of hydrogen-bond acceptors (Lipinski definition) is 4. The van der Waals surface area contributed by atoms with Gasteiger partial charge in [-0.1, -0.05) is 29.8 Å². The Morgan fingerprint density at radius 1 is 1.30 bits per heavy atom. The Labute approximate surface area is 198 Å². The van der Waals surface area contributed by atoms with E-state index in [1.54, 1.807) is 7.05 Å². The number of likely N-dealkylation sites (N-methyl/N-ethyl adjacent to an activating group) is 1. The van der Waals surface area contributed by atoms with E-state index < -0.39 is 5.60 Å². The standard InChI is InChI=1S/C22H37N5O2.HI/c1-16-8-10-17(11-9-16)19(26(6)7)14-24-20(23-5)27-13-12-18(15-27)25-21(28)29-22(2,3)4;/h8-11,18-19H,12-15H2,1-7H3,(H,23,24)(H,25,28);1H. The SMILES string of the molecule is CN=C(NCC(c1ccc(C)cc1)N(C)C)N1CCC(NC(=O)OC(C)(C)C)C1.I. The molecule has 1 aliphatic rings. The third-order valence-electron chi connectivity index (χ3n) is 4.96. The molecule has 2 unspecified atom stereocenters. The molecule has 8 heteroatoms. The molecule has 2 rings (SSSR count). The zero-order valence-corrected chi connectivity index (χ0v) is 21.7. The highest BCUT2D eigenvalue weighted by atomic mass is 127. The van der Waals surface area contributed by atoms with Crippen molar-refractivity contribution in [2.24, 2.45) is 4.99 Å². The molecule has 2 N–H and O–H groups in total. The van der Waals surface area contributed by atoms with Gasteiger partial charge in [-0.3, -0.25) is 4.99 Å². The minimum absolute atomic E-state index is 0. The number of nitrogens with one attached hydrogen (secondary N) is 2. The van der Waals surface area contributed by atoms with Crippen molar-refractivity contribution >= 4 is 36.0 Å². The highest BCUT2D eigenvalue weighted by Crippen LogP contribution is 2.18. The van der Waals surface area contributed by atoms with Crippen molar-refractivity contribution in [1.29, 1.82) is 0 Å². The van der Waals surface area contributed by atoms with E-state index in [0.717, 1.165) is 32.0 Å². The molecule has 1 aromatic rings. The summed E-state index contributed by atoms with van der Waals surface area (Å²) in [5.41, 5.74) is 2.04. The molecule has 0 bridgehead atoms. The van der Waals surface area contributed by atoms with Crippen molar-refractivity contribution in [2.75, 3.05) is 40.8 Å². The van der Waals surface area contributed by atoms with Crippen LogP contribution < -0.4 is 10.6 Å². The van der Waals surface area contributed by atoms with E-state index in [1.165, 1.54) is 11.1 Å². The molecule has 0 saturated carbocycles. The van der Waals surface area contributed by atoms with Crippen LogP contribution in [0, 0.1) is 6.92 Å². The molecule has 1 amide bonds. The average molecular weight is 531 g/mol. The third kappa shape index (κ3) is 8.29. The van der Waals surface area contributed by atoms with Crippen molar-refractivity contribution in [3.63, 3.8) is 0 Å². The molecule has 1 fully saturated rings. The lowest BCUT2D eigenvalue weighted by Gasteiger charge is -2.28. The molecule has 1 heterocycles. The normalized spacial score (nSPS) is 18.1. The van der Waals surface area contributed by atoms with Crippen LogP contribution in [0.3, 0.4) is 0 Å². The summed E-state index contributed by atoms with van der Waals surface area (Å²) in [5, 5.41) is 6.47. The highest BCUT2D eigenvalue weighted by molar-refractivity contribution is 14.0. The molecule has 170 valence electrons. The van der Waals surface area contributed by atoms with Gasteiger partial charge in [0.05, 0.1) is 12.1 Å². The Balaban J connectivity index is 0.00000450. The fraction of sp³-hybridized carbons (Fsp3) is 0.636. The van der Waals surface area contributed by atoms with Gasteiger partial charge < -0.3 is 25.2 Å². The average Bonchev–Trinajstić information content (AvgIpc) is 3.06. The molecule has 1 aromatic carbocycles. The molecule has 0 aromatic heterocycles. The minimum atomic E-state index is -0.489. The number of nitrogens with zero attached hydrogens (tertiary/aromatic N) is 3. The van der Waals surface area contributed by atoms with E-state index in [-0.39, 0.29) is 42.2 Å². The molecule has 2 atom stereocenters. The van der Waals surface area contributed by atoms with E-state index >= 15 is 0 Å². The zero-order chi connectivity index (χ0) is 21.6. The first-order valence-corrected chi connectivity index (χ1v) is 10.3. The van der Waals surface area contributed by atoms with E-state index in [2.05, 4.69) is 70.7 Å². The lowest BCUT2D eigenvalue weighted by atomic mass is 10.0. The molecule has 1 saturated heterocycles. The molecule has 7 nitrogen and oxygen atoms in total. The second-order valence-corrected chi connectivity index (χ2v) is 8.90. The summed E-state index contributed by atoms with van der Waals surface area (Å²) < 4.78 is 5.36. The van der Waals surface area contributed by atoms with Crippen molar-refractivity contribution < 1.29 is 9.53 Å². The number of amides is 1. The molecule has 1 aliphatic heterocycles. The lowest BCUT2D eigenvalue weighted by molar-refractivity contribution is 0.0507. The third-order valence-corrected chi connectivity index (χ3v) is 4.96. The first kappa shape index (κ1) is 26.5. The Kier molecular flexibility index (Phi) is 10.4. The van der Waals surface area contributed by atoms with Crippen LogP contribution in [0.2, 0.25) is 0 Å². The van der Waals surface area contributed by atoms with Crippen LogP contribution >= 0.6 is 24.0 Å². The second kappa shape index (κ2) is 11.7. The maximum absolute atomic E-state index is 12.0. The van der Waals surface area contributed by atoms with Crippen molar-refractivity contribution in [3.8, 4) is 0 Å². The van der Waals surface area contributed by atoms with E-state index in [1.807, 2.05) is 20.8 Å². The van der Waals surface area contributed by atoms with Gasteiger partial charge in [0.15, 0.2) is 5.96 Å². The first-order chi connectivity index (χ1) is 13.6. The molecule has 0 spiro atoms. The molecular weight excluding hydrogens is 493 g/mol. The summed E-state index contributed by atoms with van der Waals surface area (Å²) in [4.78, 5) is 20.9. The smallest absolute Gasteiger partial charge is 0.407 e. The van der Waals surface area contributed by atoms with Gasteiger partial charge in [0, 0.05) is 26.7 Å². The maximum Gasteiger partial charge on any atom is 0.407 e. The number of aryl methyl sites for hydroxylation is 1. The van der Waals surface area contributed by atoms with Crippen molar-refractivity contribution in [2.45, 2.75) is 51.8 Å². The molecule has 0 radical (unpaired) electrons. The predicted molar refractivity (Wildman–Crippen MR) is 134 cm³/mol. The Morgan fingerprint density at radius 3 is 2.47 bits per heavy atom. The summed E-state index contributed by atoms with van der Waals surface area (Å²) in [5.74, 6) is 0.859. The maximum atomic E-state index is 12.0. The summed E-state index contributed by atoms with van der Waals surface area (Å²) in [6.45, 7) is 10.0. The second-order valence-electron chi connectivity index (χ2n) is 8.90. The quantitative estimate of drug-likeness (QED) is 0.347. The molecular formula is C22H38IN5O2. The Bertz CT molecular complexity index is 700. The number of aliphatic imine (C=N–C) groups is 1. The number of halogens is 1. The number of likely N-dealkylation sites (tertiary alicyclic amines) is 1. The summed E-state index contributed by atoms with van der Waals surface area (Å²) in [6, 6.07) is 8.96. The van der Waals surface area contributed by atoms with Gasteiger partial charge in [-0.15, -0.1) is 24.0 Å². The van der Waals surface area contributed by atoms with Gasteiger partial charge in [0.2, 0.25) is 0 Å². The summed E-state index contributed by atoms with van der Waals surface area (Å²) >= 11 is 0. The number of hydrogen-bond donors (Lipinski definition) is 2. The topological polar surface area (TPSA) is 69.2 Å². The van der Waals surface area contributed by atoms with Crippen LogP contribution in [0.25, 0.3) is 0 Å². The number of benzene rings is 1. The number of carbonyl (C=O) groups is 1. The fourth-order valence-corrected chi connectivity index (χ4v) is 3.45. The van der Waals surface area contributed by atoms with E-state index in [4.69, 9.17) is 4.74 Å². The van der Waals surface area contributed by atoms with Gasteiger partial charge in [-0.2, -0.15) is 0 Å². The number of rotatable bonds is 5. The van der Waals surface area contributed by atoms with Crippen molar-refractivity contribution in [3.05, 3.63) is 35.4 Å². The van der Waals surface area contributed by atoms with Crippen LogP contribution in [-0.4, -0.2) is 74.3 Å². The fourth-order valence-electron chi connectivity index (χ4n) is 3.45. The van der Waals surface area contributed by atoms with E-state index in [0.29, 0.717) is 0 Å². The van der Waals surface area contributed by atoms with Gasteiger partial charge in [0.1, 0.15) is 5.60 Å². The van der Waals surface area contributed by atoms with Gasteiger partial charge in [0.25, 0.3) is 0 Å². The van der Waals surface area contributed by atoms with E-state index in [9.17, 15) is 4.79 Å². The molecule has 0 aliphatic carbocycles. The Hall–Kier alpha value is -1.55. The predicted octanol–water partition coefficient (Wildman–Crippen LogP) is 3.39. The minimum Gasteiger partial charge on any atom is -0.444 e. The number of alkyl carbamates (subject to hydrolysis) is 1. The van der Waals surface area contributed by atoms with Crippen LogP contribution in [-0.2, 0) is 4.74 Å². The van der Waals surface area contributed by atoms with Crippen LogP contribution in [0.4, 0.5) is 4.79 Å². The highest BCUT2D eigenvalue weighted by Gasteiger charge is 2.28. The van der Waals surface area contributed by atoms with Gasteiger partial charge in [-0.25, -0.2) is 4.79 Å². The Morgan fingerprint density at radius 2 is 1.93 bits per heavy atom. The van der Waals surface area contributed by atoms with Gasteiger partial charge >= 0.3 is 6.09 Å². The number of carbonyl (C=O) groups excluding carboxylic acids is 1. The lowest BCUT2D eigenvalue weighted by Crippen LogP contribution is -2.45. The monoisotopic (exact) mass is 531 g/mol. The van der Waals surface area contributed by atoms with Crippen LogP contribution in [0.5, 0.6) is 0 Å². The van der Waals surface area contributed by atoms with Crippen molar-refractivity contribution in [1.82, 2.24) is 20.4 Å². The number of guanidine groups is 1. The summed E-state index contributed by atoms with van der Waals surface area (Å²) in [7, 11) is 5.98. The van der Waals surface area contributed by atoms with Gasteiger partial charge in [-0.05, 0) is 53.8 Å². The summed E-state index contributed by atoms with van der Waals surface area (Å²) in [6.07, 6.45) is 0.508. The van der Waals surface area contributed by atoms with Crippen LogP contribution in [0.1, 0.15) is 44.4 Å². The van der Waals surface area contributed by atoms with Crippen LogP contribution in [0.15, 0.2) is 29.3 Å². The first-order valence-electron chi connectivity index (χ1n) is 10.3. The zero-order valence-electron chi connectivity index (χ0n) is 19.4.